The van der Waals surface area contributed by atoms with Crippen molar-refractivity contribution < 1.29 is 4.79 Å². The van der Waals surface area contributed by atoms with Crippen LogP contribution >= 0.6 is 11.3 Å². The third-order valence-electron chi connectivity index (χ3n) is 5.94. The molecule has 1 aliphatic rings. The van der Waals surface area contributed by atoms with Crippen molar-refractivity contribution in [1.82, 2.24) is 10.3 Å². The number of amides is 1. The Balaban J connectivity index is 1.78. The Morgan fingerprint density at radius 2 is 2.08 bits per heavy atom. The highest BCUT2D eigenvalue weighted by atomic mass is 32.1. The van der Waals surface area contributed by atoms with Gasteiger partial charge in [-0.15, -0.1) is 11.3 Å². The van der Waals surface area contributed by atoms with E-state index in [1.165, 1.54) is 4.70 Å². The van der Waals surface area contributed by atoms with Crippen LogP contribution < -0.4 is 11.1 Å². The molecule has 0 spiro atoms. The number of carbonyl (C=O) groups is 1. The average molecular weight is 360 g/mol. The minimum absolute atomic E-state index is 0.183. The lowest BCUT2D eigenvalue weighted by atomic mass is 9.78. The summed E-state index contributed by atoms with van der Waals surface area (Å²) in [6.07, 6.45) is 5.71. The van der Waals surface area contributed by atoms with Crippen LogP contribution in [-0.4, -0.2) is 23.5 Å². The molecule has 0 radical (unpaired) electrons. The lowest BCUT2D eigenvalue weighted by Crippen LogP contribution is -2.48. The summed E-state index contributed by atoms with van der Waals surface area (Å²) in [6.45, 7) is 4.89. The zero-order valence-corrected chi connectivity index (χ0v) is 16.1. The van der Waals surface area contributed by atoms with E-state index in [9.17, 15) is 4.79 Å². The van der Waals surface area contributed by atoms with Crippen LogP contribution in [0.3, 0.4) is 0 Å². The molecule has 3 N–H and O–H groups in total. The molecule has 2 aromatic rings. The zero-order chi connectivity index (χ0) is 17.9. The number of aromatic nitrogens is 1. The fourth-order valence-corrected chi connectivity index (χ4v) is 5.13. The molecule has 1 saturated carbocycles. The first-order valence-electron chi connectivity index (χ1n) is 9.47. The van der Waals surface area contributed by atoms with E-state index < -0.39 is 0 Å². The molecule has 2 unspecified atom stereocenters. The number of nitrogens with zero attached hydrogens (tertiary/aromatic N) is 1. The number of fused-ring (bicyclic) bond motifs is 1. The van der Waals surface area contributed by atoms with Gasteiger partial charge in [-0.3, -0.25) is 4.79 Å². The van der Waals surface area contributed by atoms with Crippen molar-refractivity contribution >= 4 is 27.5 Å². The molecule has 5 heteroatoms. The predicted octanol–water partition coefficient (Wildman–Crippen LogP) is 3.89. The van der Waals surface area contributed by atoms with Crippen LogP contribution in [0.15, 0.2) is 24.3 Å². The van der Waals surface area contributed by atoms with Crippen LogP contribution in [0.4, 0.5) is 0 Å². The first-order chi connectivity index (χ1) is 12.1. The van der Waals surface area contributed by atoms with E-state index >= 15 is 0 Å². The quantitative estimate of drug-likeness (QED) is 0.788. The minimum Gasteiger partial charge on any atom is -0.353 e. The highest BCUT2D eigenvalue weighted by molar-refractivity contribution is 7.18. The van der Waals surface area contributed by atoms with Gasteiger partial charge in [-0.05, 0) is 50.3 Å². The van der Waals surface area contributed by atoms with Crippen molar-refractivity contribution in [3.63, 3.8) is 0 Å². The highest BCUT2D eigenvalue weighted by Crippen LogP contribution is 2.35. The van der Waals surface area contributed by atoms with Gasteiger partial charge in [0.2, 0.25) is 5.91 Å². The molecular formula is C20H29N3OS. The minimum atomic E-state index is -0.379. The fourth-order valence-electron chi connectivity index (χ4n) is 4.02. The van der Waals surface area contributed by atoms with Gasteiger partial charge < -0.3 is 11.1 Å². The van der Waals surface area contributed by atoms with E-state index in [1.807, 2.05) is 18.2 Å². The van der Waals surface area contributed by atoms with E-state index in [2.05, 4.69) is 25.2 Å². The van der Waals surface area contributed by atoms with E-state index in [-0.39, 0.29) is 17.4 Å². The number of carbonyl (C=O) groups excluding carboxylic acids is 1. The third kappa shape index (κ3) is 3.72. The van der Waals surface area contributed by atoms with E-state index in [0.717, 1.165) is 42.6 Å². The maximum Gasteiger partial charge on any atom is 0.226 e. The molecule has 3 rings (SSSR count). The van der Waals surface area contributed by atoms with Crippen molar-refractivity contribution in [2.45, 2.75) is 58.4 Å². The fraction of sp³-hybridized carbons (Fsp3) is 0.600. The Labute approximate surface area is 154 Å². The number of hydrogen-bond acceptors (Lipinski definition) is 4. The molecule has 25 heavy (non-hydrogen) atoms. The van der Waals surface area contributed by atoms with Crippen LogP contribution in [0.1, 0.15) is 51.0 Å². The Hall–Kier alpha value is -1.46. The van der Waals surface area contributed by atoms with Crippen molar-refractivity contribution in [2.75, 3.05) is 6.54 Å². The molecule has 1 aliphatic carbocycles. The number of benzene rings is 1. The molecule has 1 amide bonds. The molecule has 2 atom stereocenters. The number of para-hydroxylation sites is 1. The summed E-state index contributed by atoms with van der Waals surface area (Å²) in [5.74, 6) is 0.611. The summed E-state index contributed by atoms with van der Waals surface area (Å²) in [7, 11) is 0. The Morgan fingerprint density at radius 1 is 1.32 bits per heavy atom. The molecule has 136 valence electrons. The molecule has 0 aliphatic heterocycles. The number of nitrogens with one attached hydrogen (secondary N) is 1. The third-order valence-corrected chi connectivity index (χ3v) is 6.98. The maximum atomic E-state index is 13.2. The molecule has 1 aromatic heterocycles. The molecule has 0 bridgehead atoms. The summed E-state index contributed by atoms with van der Waals surface area (Å²) < 4.78 is 1.19. The zero-order valence-electron chi connectivity index (χ0n) is 15.3. The summed E-state index contributed by atoms with van der Waals surface area (Å²) in [6, 6.07) is 8.43. The SMILES string of the molecule is CCC(CC)(Cc1nc2ccccc2s1)C(=O)NC1CCCC1CN. The molecule has 1 heterocycles. The highest BCUT2D eigenvalue weighted by Gasteiger charge is 2.38. The van der Waals surface area contributed by atoms with Gasteiger partial charge in [-0.1, -0.05) is 32.4 Å². The van der Waals surface area contributed by atoms with E-state index in [1.54, 1.807) is 11.3 Å². The van der Waals surface area contributed by atoms with Crippen molar-refractivity contribution in [3.8, 4) is 0 Å². The number of rotatable bonds is 7. The maximum absolute atomic E-state index is 13.2. The van der Waals surface area contributed by atoms with Crippen LogP contribution in [0.5, 0.6) is 0 Å². The predicted molar refractivity (Wildman–Crippen MR) is 105 cm³/mol. The van der Waals surface area contributed by atoms with Gasteiger partial charge in [0.25, 0.3) is 0 Å². The van der Waals surface area contributed by atoms with Gasteiger partial charge in [-0.25, -0.2) is 4.98 Å². The second-order valence-corrected chi connectivity index (χ2v) is 8.36. The second-order valence-electron chi connectivity index (χ2n) is 7.25. The molecule has 4 nitrogen and oxygen atoms in total. The number of nitrogens with two attached hydrogens (primary N) is 1. The largest absolute Gasteiger partial charge is 0.353 e. The van der Waals surface area contributed by atoms with E-state index in [0.29, 0.717) is 18.9 Å². The molecule has 1 aromatic carbocycles. The molecule has 0 saturated heterocycles. The standard InChI is InChI=1S/C20H29N3OS/c1-3-20(4-2,19(24)23-15-10-7-8-14(15)13-21)12-18-22-16-9-5-6-11-17(16)25-18/h5-6,9,11,14-15H,3-4,7-8,10,12-13,21H2,1-2H3,(H,23,24). The summed E-state index contributed by atoms with van der Waals surface area (Å²) in [5.41, 5.74) is 6.53. The second kappa shape index (κ2) is 7.83. The average Bonchev–Trinajstić information content (AvgIpc) is 3.25. The lowest BCUT2D eigenvalue weighted by molar-refractivity contribution is -0.132. The summed E-state index contributed by atoms with van der Waals surface area (Å²) >= 11 is 1.71. The Morgan fingerprint density at radius 3 is 2.76 bits per heavy atom. The molecule has 1 fully saturated rings. The van der Waals surface area contributed by atoms with Gasteiger partial charge in [0, 0.05) is 12.5 Å². The van der Waals surface area contributed by atoms with Gasteiger partial charge in [0.1, 0.15) is 0 Å². The first-order valence-corrected chi connectivity index (χ1v) is 10.3. The smallest absolute Gasteiger partial charge is 0.226 e. The topological polar surface area (TPSA) is 68.0 Å². The number of hydrogen-bond donors (Lipinski definition) is 2. The van der Waals surface area contributed by atoms with Crippen LogP contribution in [0.25, 0.3) is 10.2 Å². The molecular weight excluding hydrogens is 330 g/mol. The first kappa shape index (κ1) is 18.3. The van der Waals surface area contributed by atoms with Crippen LogP contribution in [0.2, 0.25) is 0 Å². The van der Waals surface area contributed by atoms with Crippen LogP contribution in [-0.2, 0) is 11.2 Å². The van der Waals surface area contributed by atoms with Gasteiger partial charge in [-0.2, -0.15) is 0 Å². The van der Waals surface area contributed by atoms with Gasteiger partial charge >= 0.3 is 0 Å². The van der Waals surface area contributed by atoms with Crippen LogP contribution in [0, 0.1) is 11.3 Å². The van der Waals surface area contributed by atoms with Gasteiger partial charge in [0.05, 0.1) is 20.6 Å². The van der Waals surface area contributed by atoms with Crippen molar-refractivity contribution in [3.05, 3.63) is 29.3 Å². The normalized spacial score (nSPS) is 20.9. The van der Waals surface area contributed by atoms with E-state index in [4.69, 9.17) is 10.7 Å². The lowest BCUT2D eigenvalue weighted by Gasteiger charge is -2.32. The monoisotopic (exact) mass is 359 g/mol. The summed E-state index contributed by atoms with van der Waals surface area (Å²) in [4.78, 5) is 17.9. The Bertz CT molecular complexity index is 690. The van der Waals surface area contributed by atoms with Crippen molar-refractivity contribution in [2.24, 2.45) is 17.1 Å². The van der Waals surface area contributed by atoms with Gasteiger partial charge in [0.15, 0.2) is 0 Å². The number of thiazole rings is 1. The summed E-state index contributed by atoms with van der Waals surface area (Å²) in [5, 5.41) is 4.39. The van der Waals surface area contributed by atoms with Crippen molar-refractivity contribution in [1.29, 1.82) is 0 Å². The Kier molecular flexibility index (Phi) is 5.74.